The maximum absolute atomic E-state index is 12.0. The van der Waals surface area contributed by atoms with Gasteiger partial charge in [-0.05, 0) is 12.8 Å². The van der Waals surface area contributed by atoms with Crippen molar-refractivity contribution in [2.45, 2.75) is 12.8 Å². The highest BCUT2D eigenvalue weighted by atomic mass is 16.4. The van der Waals surface area contributed by atoms with Gasteiger partial charge in [0.15, 0.2) is 5.82 Å². The highest BCUT2D eigenvalue weighted by molar-refractivity contribution is 5.94. The third-order valence-electron chi connectivity index (χ3n) is 3.05. The Balaban J connectivity index is 2.07. The minimum atomic E-state index is -0.930. The van der Waals surface area contributed by atoms with Gasteiger partial charge in [0, 0.05) is 19.3 Å². The van der Waals surface area contributed by atoms with Crippen molar-refractivity contribution in [3.05, 3.63) is 24.4 Å². The van der Waals surface area contributed by atoms with Crippen molar-refractivity contribution in [1.82, 2.24) is 9.78 Å². The number of carbonyl (C=O) groups excluding carboxylic acids is 1. The van der Waals surface area contributed by atoms with E-state index in [-0.39, 0.29) is 5.91 Å². The number of nitrogens with zero attached hydrogens (tertiary/aromatic N) is 2. The maximum Gasteiger partial charge on any atom is 0.307 e. The normalized spacial score (nSPS) is 22.7. The summed E-state index contributed by atoms with van der Waals surface area (Å²) in [7, 11) is 1.75. The van der Waals surface area contributed by atoms with Crippen LogP contribution < -0.4 is 5.32 Å². The number of amides is 1. The number of aryl methyl sites for hydroxylation is 1. The molecule has 96 valence electrons. The predicted molar refractivity (Wildman–Crippen MR) is 64.8 cm³/mol. The fourth-order valence-corrected chi connectivity index (χ4v) is 2.08. The Morgan fingerprint density at radius 1 is 1.39 bits per heavy atom. The molecule has 0 radical (unpaired) electrons. The molecule has 1 aliphatic rings. The monoisotopic (exact) mass is 249 g/mol. The Hall–Kier alpha value is -2.11. The number of allylic oxidation sites excluding steroid dienone is 2. The molecule has 2 N–H and O–H groups in total. The van der Waals surface area contributed by atoms with Crippen LogP contribution in [0.25, 0.3) is 0 Å². The average molecular weight is 249 g/mol. The molecule has 0 unspecified atom stereocenters. The van der Waals surface area contributed by atoms with Crippen molar-refractivity contribution in [1.29, 1.82) is 0 Å². The van der Waals surface area contributed by atoms with E-state index in [0.717, 1.165) is 0 Å². The molecule has 0 spiro atoms. The summed E-state index contributed by atoms with van der Waals surface area (Å²) >= 11 is 0. The zero-order chi connectivity index (χ0) is 13.1. The topological polar surface area (TPSA) is 84.2 Å². The molecule has 2 atom stereocenters. The number of carboxylic acid groups (broad SMARTS) is 1. The fourth-order valence-electron chi connectivity index (χ4n) is 2.08. The summed E-state index contributed by atoms with van der Waals surface area (Å²) in [6, 6.07) is 1.67. The first-order chi connectivity index (χ1) is 8.58. The second kappa shape index (κ2) is 5.03. The molecule has 1 heterocycles. The van der Waals surface area contributed by atoms with Gasteiger partial charge in [-0.1, -0.05) is 12.2 Å². The highest BCUT2D eigenvalue weighted by Gasteiger charge is 2.34. The zero-order valence-electron chi connectivity index (χ0n) is 10.0. The summed E-state index contributed by atoms with van der Waals surface area (Å²) in [5.74, 6) is -1.96. The number of aromatic nitrogens is 2. The standard InChI is InChI=1S/C12H15N3O3/c1-15-7-6-10(14-15)13-11(16)8-4-2-3-5-9(8)12(17)18/h2-3,6-9H,4-5H2,1H3,(H,17,18)(H,13,14,16)/t8-,9+/m1/s1. The molecule has 0 saturated carbocycles. The molecular weight excluding hydrogens is 234 g/mol. The fraction of sp³-hybridized carbons (Fsp3) is 0.417. The largest absolute Gasteiger partial charge is 0.481 e. The molecule has 1 amide bonds. The lowest BCUT2D eigenvalue weighted by atomic mass is 9.82. The Morgan fingerprint density at radius 3 is 2.61 bits per heavy atom. The molecular formula is C12H15N3O3. The summed E-state index contributed by atoms with van der Waals surface area (Å²) in [5.41, 5.74) is 0. The van der Waals surface area contributed by atoms with Crippen LogP contribution >= 0.6 is 0 Å². The van der Waals surface area contributed by atoms with Crippen LogP contribution in [0.4, 0.5) is 5.82 Å². The van der Waals surface area contributed by atoms with E-state index in [1.165, 1.54) is 0 Å². The van der Waals surface area contributed by atoms with E-state index in [9.17, 15) is 9.59 Å². The first kappa shape index (κ1) is 12.3. The van der Waals surface area contributed by atoms with Gasteiger partial charge >= 0.3 is 5.97 Å². The third-order valence-corrected chi connectivity index (χ3v) is 3.05. The van der Waals surface area contributed by atoms with E-state index >= 15 is 0 Å². The number of rotatable bonds is 3. The minimum absolute atomic E-state index is 0.287. The quantitative estimate of drug-likeness (QED) is 0.783. The average Bonchev–Trinajstić information content (AvgIpc) is 2.74. The Morgan fingerprint density at radius 2 is 2.06 bits per heavy atom. The van der Waals surface area contributed by atoms with E-state index in [4.69, 9.17) is 5.11 Å². The van der Waals surface area contributed by atoms with E-state index in [1.54, 1.807) is 24.0 Å². The molecule has 18 heavy (non-hydrogen) atoms. The number of carbonyl (C=O) groups is 2. The van der Waals surface area contributed by atoms with Crippen LogP contribution in [0.5, 0.6) is 0 Å². The smallest absolute Gasteiger partial charge is 0.307 e. The number of anilines is 1. The van der Waals surface area contributed by atoms with Crippen molar-refractivity contribution in [3.63, 3.8) is 0 Å². The van der Waals surface area contributed by atoms with Crippen LogP contribution in [0.3, 0.4) is 0 Å². The van der Waals surface area contributed by atoms with Crippen LogP contribution in [0.15, 0.2) is 24.4 Å². The zero-order valence-corrected chi connectivity index (χ0v) is 10.0. The van der Waals surface area contributed by atoms with E-state index in [1.807, 2.05) is 12.2 Å². The van der Waals surface area contributed by atoms with Crippen molar-refractivity contribution in [3.8, 4) is 0 Å². The molecule has 0 aromatic carbocycles. The second-order valence-electron chi connectivity index (χ2n) is 4.36. The first-order valence-electron chi connectivity index (χ1n) is 5.76. The van der Waals surface area contributed by atoms with Gasteiger partial charge in [0.05, 0.1) is 11.8 Å². The van der Waals surface area contributed by atoms with Gasteiger partial charge in [-0.15, -0.1) is 0 Å². The summed E-state index contributed by atoms with van der Waals surface area (Å²) in [6.45, 7) is 0. The third kappa shape index (κ3) is 2.58. The molecule has 0 saturated heterocycles. The molecule has 2 rings (SSSR count). The number of hydrogen-bond donors (Lipinski definition) is 2. The van der Waals surface area contributed by atoms with Gasteiger partial charge in [0.2, 0.25) is 5.91 Å². The van der Waals surface area contributed by atoms with Crippen molar-refractivity contribution in [2.75, 3.05) is 5.32 Å². The molecule has 0 aliphatic heterocycles. The summed E-state index contributed by atoms with van der Waals surface area (Å²) in [6.07, 6.45) is 6.22. The number of hydrogen-bond acceptors (Lipinski definition) is 3. The van der Waals surface area contributed by atoms with E-state index < -0.39 is 17.8 Å². The first-order valence-corrected chi connectivity index (χ1v) is 5.76. The molecule has 0 bridgehead atoms. The van der Waals surface area contributed by atoms with Gasteiger partial charge in [-0.2, -0.15) is 5.10 Å². The van der Waals surface area contributed by atoms with Gasteiger partial charge in [0.25, 0.3) is 0 Å². The Labute approximate surface area is 104 Å². The Bertz CT molecular complexity index is 493. The summed E-state index contributed by atoms with van der Waals surface area (Å²) < 4.78 is 1.57. The lowest BCUT2D eigenvalue weighted by Gasteiger charge is -2.23. The highest BCUT2D eigenvalue weighted by Crippen LogP contribution is 2.26. The lowest BCUT2D eigenvalue weighted by molar-refractivity contribution is -0.146. The van der Waals surface area contributed by atoms with Crippen molar-refractivity contribution < 1.29 is 14.7 Å². The van der Waals surface area contributed by atoms with Gasteiger partial charge < -0.3 is 10.4 Å². The molecule has 0 fully saturated rings. The van der Waals surface area contributed by atoms with E-state index in [2.05, 4.69) is 10.4 Å². The Kier molecular flexibility index (Phi) is 3.45. The predicted octanol–water partition coefficient (Wildman–Crippen LogP) is 1.03. The minimum Gasteiger partial charge on any atom is -0.481 e. The maximum atomic E-state index is 12.0. The number of nitrogens with one attached hydrogen (secondary N) is 1. The molecule has 6 heteroatoms. The SMILES string of the molecule is Cn1ccc(NC(=O)[C@@H]2CC=CC[C@@H]2C(=O)O)n1. The van der Waals surface area contributed by atoms with Crippen LogP contribution in [0, 0.1) is 11.8 Å². The van der Waals surface area contributed by atoms with Crippen molar-refractivity contribution >= 4 is 17.7 Å². The molecule has 1 aliphatic carbocycles. The van der Waals surface area contributed by atoms with Gasteiger partial charge in [-0.3, -0.25) is 14.3 Å². The molecule has 1 aromatic rings. The van der Waals surface area contributed by atoms with Crippen LogP contribution in [-0.2, 0) is 16.6 Å². The number of aliphatic carboxylic acids is 1. The van der Waals surface area contributed by atoms with Gasteiger partial charge in [-0.25, -0.2) is 0 Å². The van der Waals surface area contributed by atoms with Crippen LogP contribution in [-0.4, -0.2) is 26.8 Å². The summed E-state index contributed by atoms with van der Waals surface area (Å²) in [5, 5.41) is 15.8. The lowest BCUT2D eigenvalue weighted by Crippen LogP contribution is -2.34. The molecule has 6 nitrogen and oxygen atoms in total. The van der Waals surface area contributed by atoms with Crippen LogP contribution in [0.1, 0.15) is 12.8 Å². The van der Waals surface area contributed by atoms with Crippen LogP contribution in [0.2, 0.25) is 0 Å². The molecule has 1 aromatic heterocycles. The second-order valence-corrected chi connectivity index (χ2v) is 4.36. The van der Waals surface area contributed by atoms with Gasteiger partial charge in [0.1, 0.15) is 0 Å². The number of carboxylic acids is 1. The van der Waals surface area contributed by atoms with E-state index in [0.29, 0.717) is 18.7 Å². The van der Waals surface area contributed by atoms with Crippen molar-refractivity contribution in [2.24, 2.45) is 18.9 Å². The summed E-state index contributed by atoms with van der Waals surface area (Å²) in [4.78, 5) is 23.1.